The summed E-state index contributed by atoms with van der Waals surface area (Å²) in [5.41, 5.74) is 3.94. The van der Waals surface area contributed by atoms with E-state index in [1.807, 2.05) is 31.2 Å². The smallest absolute Gasteiger partial charge is 0.335 e. The van der Waals surface area contributed by atoms with Crippen molar-refractivity contribution in [3.8, 4) is 5.75 Å². The first-order valence-corrected chi connectivity index (χ1v) is 13.8. The van der Waals surface area contributed by atoms with Crippen molar-refractivity contribution < 1.29 is 23.1 Å². The zero-order valence-corrected chi connectivity index (χ0v) is 20.9. The average Bonchev–Trinajstić information content (AvgIpc) is 3.38. The van der Waals surface area contributed by atoms with Gasteiger partial charge in [-0.05, 0) is 53.3 Å². The summed E-state index contributed by atoms with van der Waals surface area (Å²) in [6, 6.07) is 16.4. The first kappa shape index (κ1) is 23.7. The molecule has 3 aromatic rings. The van der Waals surface area contributed by atoms with Gasteiger partial charge < -0.3 is 9.84 Å². The van der Waals surface area contributed by atoms with E-state index < -0.39 is 16.0 Å². The van der Waals surface area contributed by atoms with Crippen molar-refractivity contribution in [1.29, 1.82) is 0 Å². The number of benzene rings is 2. The first-order valence-electron chi connectivity index (χ1n) is 11.4. The van der Waals surface area contributed by atoms with Crippen molar-refractivity contribution >= 4 is 32.9 Å². The van der Waals surface area contributed by atoms with E-state index in [9.17, 15) is 18.3 Å². The molecule has 3 heterocycles. The fourth-order valence-corrected chi connectivity index (χ4v) is 7.17. The van der Waals surface area contributed by atoms with Crippen LogP contribution in [0.3, 0.4) is 0 Å². The van der Waals surface area contributed by atoms with Crippen LogP contribution in [0.4, 0.5) is 0 Å². The summed E-state index contributed by atoms with van der Waals surface area (Å²) >= 11 is 1.24. The van der Waals surface area contributed by atoms with Crippen LogP contribution in [0.2, 0.25) is 0 Å². The molecule has 1 N–H and O–H groups in total. The van der Waals surface area contributed by atoms with E-state index in [1.54, 1.807) is 40.0 Å². The molecule has 0 aliphatic carbocycles. The highest BCUT2D eigenvalue weighted by Gasteiger charge is 2.29. The van der Waals surface area contributed by atoms with Gasteiger partial charge in [0.2, 0.25) is 0 Å². The number of hydrogen-bond donors (Lipinski definition) is 1. The number of sulfonamides is 1. The minimum Gasteiger partial charge on any atom is -0.485 e. The predicted molar refractivity (Wildman–Crippen MR) is 135 cm³/mol. The molecule has 182 valence electrons. The number of piperazine rings is 1. The third-order valence-corrected chi connectivity index (χ3v) is 9.76. The van der Waals surface area contributed by atoms with Crippen molar-refractivity contribution in [3.05, 3.63) is 88.3 Å². The number of carboxylic acids is 1. The number of nitrogens with zero attached hydrogens (tertiary/aromatic N) is 2. The maximum Gasteiger partial charge on any atom is 0.335 e. The van der Waals surface area contributed by atoms with Gasteiger partial charge >= 0.3 is 5.97 Å². The van der Waals surface area contributed by atoms with Crippen molar-refractivity contribution in [2.75, 3.05) is 32.7 Å². The Balaban J connectivity index is 1.42. The van der Waals surface area contributed by atoms with Gasteiger partial charge in [-0.15, -0.1) is 11.3 Å². The molecule has 2 aliphatic rings. The third-order valence-electron chi connectivity index (χ3n) is 6.48. The Morgan fingerprint density at radius 2 is 1.86 bits per heavy atom. The van der Waals surface area contributed by atoms with E-state index in [2.05, 4.69) is 11.0 Å². The van der Waals surface area contributed by atoms with Gasteiger partial charge in [-0.3, -0.25) is 4.90 Å². The molecule has 1 unspecified atom stereocenters. The van der Waals surface area contributed by atoms with Crippen molar-refractivity contribution in [1.82, 2.24) is 9.21 Å². The molecule has 1 aromatic heterocycles. The number of fused-ring (bicyclic) bond motifs is 2. The van der Waals surface area contributed by atoms with Crippen LogP contribution in [0.5, 0.6) is 5.75 Å². The minimum atomic E-state index is -3.44. The SMILES string of the molecule is CC1Oc2ccc(C(=O)O)cc2C(=CCN2CCN(S(=O)(=O)c3cccs3)CC2)c2ccccc21. The maximum absolute atomic E-state index is 12.8. The quantitative estimate of drug-likeness (QED) is 0.550. The van der Waals surface area contributed by atoms with Crippen molar-refractivity contribution in [3.63, 3.8) is 0 Å². The van der Waals surface area contributed by atoms with E-state index in [0.717, 1.165) is 22.3 Å². The lowest BCUT2D eigenvalue weighted by Crippen LogP contribution is -2.48. The van der Waals surface area contributed by atoms with E-state index in [-0.39, 0.29) is 11.7 Å². The Labute approximate surface area is 208 Å². The number of hydrogen-bond acceptors (Lipinski definition) is 6. The molecule has 0 saturated carbocycles. The monoisotopic (exact) mass is 510 g/mol. The van der Waals surface area contributed by atoms with E-state index >= 15 is 0 Å². The van der Waals surface area contributed by atoms with Gasteiger partial charge in [-0.2, -0.15) is 4.31 Å². The number of thiophene rings is 1. The Morgan fingerprint density at radius 1 is 1.09 bits per heavy atom. The van der Waals surface area contributed by atoms with Crippen molar-refractivity contribution in [2.24, 2.45) is 0 Å². The van der Waals surface area contributed by atoms with Gasteiger partial charge in [0.1, 0.15) is 16.1 Å². The largest absolute Gasteiger partial charge is 0.485 e. The summed E-state index contributed by atoms with van der Waals surface area (Å²) in [6.07, 6.45) is 1.92. The van der Waals surface area contributed by atoms with Gasteiger partial charge in [0.05, 0.1) is 5.56 Å². The fourth-order valence-electron chi connectivity index (χ4n) is 4.60. The molecule has 2 aliphatic heterocycles. The van der Waals surface area contributed by atoms with Crippen LogP contribution in [0.1, 0.15) is 40.1 Å². The molecule has 1 atom stereocenters. The molecule has 0 radical (unpaired) electrons. The molecule has 35 heavy (non-hydrogen) atoms. The fraction of sp³-hybridized carbons (Fsp3) is 0.269. The van der Waals surface area contributed by atoms with Gasteiger partial charge in [0.15, 0.2) is 0 Å². The Morgan fingerprint density at radius 3 is 2.57 bits per heavy atom. The maximum atomic E-state index is 12.8. The topological polar surface area (TPSA) is 87.2 Å². The highest BCUT2D eigenvalue weighted by molar-refractivity contribution is 7.91. The molecule has 5 rings (SSSR count). The lowest BCUT2D eigenvalue weighted by Gasteiger charge is -2.33. The molecule has 1 fully saturated rings. The van der Waals surface area contributed by atoms with Crippen LogP contribution in [0, 0.1) is 0 Å². The molecule has 2 aromatic carbocycles. The summed E-state index contributed by atoms with van der Waals surface area (Å²) in [5.74, 6) is -0.336. The summed E-state index contributed by atoms with van der Waals surface area (Å²) in [5, 5.41) is 11.3. The molecule has 1 saturated heterocycles. The second-order valence-corrected chi connectivity index (χ2v) is 11.7. The lowest BCUT2D eigenvalue weighted by atomic mass is 9.91. The average molecular weight is 511 g/mol. The summed E-state index contributed by atoms with van der Waals surface area (Å²) < 4.78 is 33.8. The van der Waals surface area contributed by atoms with Gasteiger partial charge in [0.25, 0.3) is 10.0 Å². The summed E-state index contributed by atoms with van der Waals surface area (Å²) in [4.78, 5) is 13.9. The second-order valence-electron chi connectivity index (χ2n) is 8.62. The van der Waals surface area contributed by atoms with Crippen LogP contribution in [-0.4, -0.2) is 61.4 Å². The molecular weight excluding hydrogens is 484 g/mol. The number of carbonyl (C=O) groups is 1. The number of aromatic carboxylic acids is 1. The van der Waals surface area contributed by atoms with Gasteiger partial charge in [-0.1, -0.05) is 36.4 Å². The standard InChI is InChI=1S/C26H26N2O5S2/c1-18-20-5-2-3-6-21(20)22(23-17-19(26(29)30)8-9-24(23)33-18)10-11-27-12-14-28(15-13-27)35(31,32)25-7-4-16-34-25/h2-10,16-18H,11-15H2,1H3,(H,29,30). The molecule has 0 spiro atoms. The Hall–Kier alpha value is -2.98. The van der Waals surface area contributed by atoms with Gasteiger partial charge in [-0.25, -0.2) is 13.2 Å². The number of ether oxygens (including phenoxy) is 1. The normalized spacial score (nSPS) is 20.0. The zero-order chi connectivity index (χ0) is 24.6. The van der Waals surface area contributed by atoms with Crippen LogP contribution >= 0.6 is 11.3 Å². The van der Waals surface area contributed by atoms with Crippen LogP contribution in [-0.2, 0) is 10.0 Å². The van der Waals surface area contributed by atoms with Crippen LogP contribution < -0.4 is 4.74 Å². The summed E-state index contributed by atoms with van der Waals surface area (Å²) in [7, 11) is -3.44. The van der Waals surface area contributed by atoms with Crippen LogP contribution in [0.25, 0.3) is 5.57 Å². The van der Waals surface area contributed by atoms with Crippen molar-refractivity contribution in [2.45, 2.75) is 17.2 Å². The molecule has 7 nitrogen and oxygen atoms in total. The molecule has 9 heteroatoms. The minimum absolute atomic E-state index is 0.183. The molecule has 0 amide bonds. The highest BCUT2D eigenvalue weighted by Crippen LogP contribution is 2.41. The highest BCUT2D eigenvalue weighted by atomic mass is 32.2. The second kappa shape index (κ2) is 9.58. The summed E-state index contributed by atoms with van der Waals surface area (Å²) in [6.45, 7) is 4.70. The number of carboxylic acid groups (broad SMARTS) is 1. The lowest BCUT2D eigenvalue weighted by molar-refractivity contribution is 0.0696. The number of rotatable bonds is 5. The first-order chi connectivity index (χ1) is 16.8. The molecular formula is C26H26N2O5S2. The zero-order valence-electron chi connectivity index (χ0n) is 19.3. The van der Waals surface area contributed by atoms with E-state index in [0.29, 0.717) is 42.7 Å². The van der Waals surface area contributed by atoms with E-state index in [1.165, 1.54) is 11.3 Å². The Bertz CT molecular complexity index is 1370. The van der Waals surface area contributed by atoms with Gasteiger partial charge in [0, 0.05) is 38.3 Å². The van der Waals surface area contributed by atoms with Crippen LogP contribution in [0.15, 0.2) is 70.3 Å². The predicted octanol–water partition coefficient (Wildman–Crippen LogP) is 4.34. The molecule has 0 bridgehead atoms. The Kier molecular flexibility index (Phi) is 6.50. The van der Waals surface area contributed by atoms with E-state index in [4.69, 9.17) is 4.74 Å². The third kappa shape index (κ3) is 4.64.